The van der Waals surface area contributed by atoms with Gasteiger partial charge in [0.05, 0.1) is 31.3 Å². The van der Waals surface area contributed by atoms with Crippen LogP contribution in [0.25, 0.3) is 11.0 Å². The van der Waals surface area contributed by atoms with Crippen molar-refractivity contribution in [3.8, 4) is 0 Å². The minimum atomic E-state index is 0.157. The van der Waals surface area contributed by atoms with Crippen molar-refractivity contribution in [2.45, 2.75) is 19.4 Å². The topological polar surface area (TPSA) is 85.2 Å². The Morgan fingerprint density at radius 2 is 2.13 bits per heavy atom. The van der Waals surface area contributed by atoms with E-state index in [0.717, 1.165) is 42.8 Å². The van der Waals surface area contributed by atoms with Gasteiger partial charge in [0.25, 0.3) is 0 Å². The zero-order valence-electron chi connectivity index (χ0n) is 12.9. The Morgan fingerprint density at radius 3 is 2.91 bits per heavy atom. The van der Waals surface area contributed by atoms with E-state index < -0.39 is 0 Å². The molecule has 4 rings (SSSR count). The summed E-state index contributed by atoms with van der Waals surface area (Å²) < 4.78 is 7.22. The third-order valence-corrected chi connectivity index (χ3v) is 4.29. The van der Waals surface area contributed by atoms with Crippen LogP contribution in [0.3, 0.4) is 0 Å². The second-order valence-corrected chi connectivity index (χ2v) is 5.97. The van der Waals surface area contributed by atoms with Crippen LogP contribution in [-0.2, 0) is 16.1 Å². The molecule has 1 N–H and O–H groups in total. The molecule has 2 fully saturated rings. The molecular weight excluding hydrogens is 296 g/mol. The molecule has 0 bridgehead atoms. The molecule has 23 heavy (non-hydrogen) atoms. The average Bonchev–Trinajstić information content (AvgIpc) is 3.37. The van der Waals surface area contributed by atoms with E-state index in [9.17, 15) is 4.79 Å². The molecule has 2 aromatic heterocycles. The highest BCUT2D eigenvalue weighted by molar-refractivity contribution is 5.86. The SMILES string of the molecule is O=C(NCCn1ncc2c(N3CCOCC3)ncnc21)C1CC1. The molecule has 122 valence electrons. The Balaban J connectivity index is 1.48. The van der Waals surface area contributed by atoms with Gasteiger partial charge in [-0.25, -0.2) is 14.6 Å². The van der Waals surface area contributed by atoms with E-state index in [0.29, 0.717) is 26.3 Å². The molecule has 2 aliphatic rings. The molecule has 1 aliphatic carbocycles. The van der Waals surface area contributed by atoms with Gasteiger partial charge in [-0.15, -0.1) is 0 Å². The van der Waals surface area contributed by atoms with Crippen LogP contribution >= 0.6 is 0 Å². The van der Waals surface area contributed by atoms with Crippen molar-refractivity contribution in [2.24, 2.45) is 5.92 Å². The van der Waals surface area contributed by atoms with Crippen LogP contribution < -0.4 is 10.2 Å². The van der Waals surface area contributed by atoms with Gasteiger partial charge in [0.15, 0.2) is 5.65 Å². The number of carbonyl (C=O) groups excluding carboxylic acids is 1. The number of hydrogen-bond donors (Lipinski definition) is 1. The van der Waals surface area contributed by atoms with Gasteiger partial charge < -0.3 is 15.0 Å². The van der Waals surface area contributed by atoms with E-state index in [1.54, 1.807) is 6.33 Å². The lowest BCUT2D eigenvalue weighted by Gasteiger charge is -2.27. The standard InChI is InChI=1S/C15H20N6O2/c22-15(11-1-2-11)16-3-4-21-14-12(9-19-21)13(17-10-18-14)20-5-7-23-8-6-20/h9-11H,1-8H2,(H,16,22). The summed E-state index contributed by atoms with van der Waals surface area (Å²) in [6.45, 7) is 4.27. The van der Waals surface area contributed by atoms with E-state index in [-0.39, 0.29) is 11.8 Å². The lowest BCUT2D eigenvalue weighted by atomic mass is 10.3. The van der Waals surface area contributed by atoms with Crippen LogP contribution in [-0.4, -0.2) is 58.5 Å². The highest BCUT2D eigenvalue weighted by Gasteiger charge is 2.29. The molecule has 3 heterocycles. The Bertz CT molecular complexity index is 705. The summed E-state index contributed by atoms with van der Waals surface area (Å²) in [6, 6.07) is 0. The monoisotopic (exact) mass is 316 g/mol. The summed E-state index contributed by atoms with van der Waals surface area (Å²) in [7, 11) is 0. The molecule has 0 unspecified atom stereocenters. The molecule has 1 aliphatic heterocycles. The van der Waals surface area contributed by atoms with Crippen LogP contribution in [0.1, 0.15) is 12.8 Å². The van der Waals surface area contributed by atoms with Crippen molar-refractivity contribution < 1.29 is 9.53 Å². The van der Waals surface area contributed by atoms with E-state index in [1.807, 2.05) is 10.9 Å². The minimum absolute atomic E-state index is 0.157. The van der Waals surface area contributed by atoms with Gasteiger partial charge in [0.2, 0.25) is 5.91 Å². The van der Waals surface area contributed by atoms with Crippen molar-refractivity contribution in [1.29, 1.82) is 0 Å². The van der Waals surface area contributed by atoms with Gasteiger partial charge in [-0.3, -0.25) is 4.79 Å². The van der Waals surface area contributed by atoms with E-state index >= 15 is 0 Å². The highest BCUT2D eigenvalue weighted by Crippen LogP contribution is 2.28. The van der Waals surface area contributed by atoms with Crippen molar-refractivity contribution in [2.75, 3.05) is 37.7 Å². The molecule has 0 radical (unpaired) electrons. The maximum absolute atomic E-state index is 11.7. The fourth-order valence-electron chi connectivity index (χ4n) is 2.85. The Hall–Kier alpha value is -2.22. The maximum atomic E-state index is 11.7. The van der Waals surface area contributed by atoms with Crippen LogP contribution in [0.5, 0.6) is 0 Å². The molecule has 8 heteroatoms. The summed E-state index contributed by atoms with van der Waals surface area (Å²) in [6.07, 6.45) is 5.43. The number of ether oxygens (including phenoxy) is 1. The number of fused-ring (bicyclic) bond motifs is 1. The number of aromatic nitrogens is 4. The van der Waals surface area contributed by atoms with Crippen LogP contribution in [0.15, 0.2) is 12.5 Å². The third-order valence-electron chi connectivity index (χ3n) is 4.29. The molecule has 1 amide bonds. The fourth-order valence-corrected chi connectivity index (χ4v) is 2.85. The van der Waals surface area contributed by atoms with Gasteiger partial charge in [-0.2, -0.15) is 5.10 Å². The second-order valence-electron chi connectivity index (χ2n) is 5.97. The molecule has 2 aromatic rings. The number of nitrogens with one attached hydrogen (secondary N) is 1. The first-order valence-corrected chi connectivity index (χ1v) is 8.10. The van der Waals surface area contributed by atoms with Crippen LogP contribution in [0.4, 0.5) is 5.82 Å². The third kappa shape index (κ3) is 2.98. The molecule has 1 saturated carbocycles. The first kappa shape index (κ1) is 14.4. The van der Waals surface area contributed by atoms with Crippen molar-refractivity contribution in [1.82, 2.24) is 25.1 Å². The lowest BCUT2D eigenvalue weighted by molar-refractivity contribution is -0.122. The highest BCUT2D eigenvalue weighted by atomic mass is 16.5. The van der Waals surface area contributed by atoms with Gasteiger partial charge in [-0.05, 0) is 12.8 Å². The molecule has 0 spiro atoms. The zero-order chi connectivity index (χ0) is 15.6. The van der Waals surface area contributed by atoms with Crippen molar-refractivity contribution in [3.63, 3.8) is 0 Å². The first-order valence-electron chi connectivity index (χ1n) is 8.10. The van der Waals surface area contributed by atoms with Crippen molar-refractivity contribution in [3.05, 3.63) is 12.5 Å². The minimum Gasteiger partial charge on any atom is -0.378 e. The Kier molecular flexibility index (Phi) is 3.82. The summed E-state index contributed by atoms with van der Waals surface area (Å²) in [5.41, 5.74) is 0.808. The van der Waals surface area contributed by atoms with Crippen LogP contribution in [0.2, 0.25) is 0 Å². The summed E-state index contributed by atoms with van der Waals surface area (Å²) in [5.74, 6) is 1.30. The lowest BCUT2D eigenvalue weighted by Crippen LogP contribution is -2.36. The second kappa shape index (κ2) is 6.11. The molecule has 0 aromatic carbocycles. The summed E-state index contributed by atoms with van der Waals surface area (Å²) in [4.78, 5) is 22.7. The number of morpholine rings is 1. The average molecular weight is 316 g/mol. The Morgan fingerprint density at radius 1 is 1.30 bits per heavy atom. The van der Waals surface area contributed by atoms with Crippen LogP contribution in [0, 0.1) is 5.92 Å². The number of hydrogen-bond acceptors (Lipinski definition) is 6. The smallest absolute Gasteiger partial charge is 0.223 e. The van der Waals surface area contributed by atoms with Gasteiger partial charge >= 0.3 is 0 Å². The molecule has 0 atom stereocenters. The summed E-state index contributed by atoms with van der Waals surface area (Å²) in [5, 5.41) is 8.32. The molecule has 1 saturated heterocycles. The van der Waals surface area contributed by atoms with Gasteiger partial charge in [0.1, 0.15) is 12.1 Å². The van der Waals surface area contributed by atoms with Gasteiger partial charge in [-0.1, -0.05) is 0 Å². The number of anilines is 1. The molecule has 8 nitrogen and oxygen atoms in total. The number of nitrogens with zero attached hydrogens (tertiary/aromatic N) is 5. The predicted octanol–water partition coefficient (Wildman–Crippen LogP) is 0.189. The quantitative estimate of drug-likeness (QED) is 0.847. The van der Waals surface area contributed by atoms with E-state index in [2.05, 4.69) is 25.3 Å². The number of carbonyl (C=O) groups is 1. The van der Waals surface area contributed by atoms with E-state index in [1.165, 1.54) is 0 Å². The number of amides is 1. The van der Waals surface area contributed by atoms with Gasteiger partial charge in [0, 0.05) is 25.6 Å². The fraction of sp³-hybridized carbons (Fsp3) is 0.600. The first-order chi connectivity index (χ1) is 11.3. The normalized spacial score (nSPS) is 18.3. The molecular formula is C15H20N6O2. The predicted molar refractivity (Wildman–Crippen MR) is 84.1 cm³/mol. The largest absolute Gasteiger partial charge is 0.378 e. The van der Waals surface area contributed by atoms with Crippen molar-refractivity contribution >= 4 is 22.8 Å². The Labute approximate surface area is 133 Å². The number of rotatable bonds is 5. The maximum Gasteiger partial charge on any atom is 0.223 e. The summed E-state index contributed by atoms with van der Waals surface area (Å²) >= 11 is 0. The zero-order valence-corrected chi connectivity index (χ0v) is 12.9. The van der Waals surface area contributed by atoms with E-state index in [4.69, 9.17) is 4.74 Å².